The summed E-state index contributed by atoms with van der Waals surface area (Å²) in [6.07, 6.45) is -2.72. The zero-order valence-electron chi connectivity index (χ0n) is 14.7. The Morgan fingerprint density at radius 1 is 1.00 bits per heavy atom. The highest BCUT2D eigenvalue weighted by molar-refractivity contribution is 5.64. The Balaban J connectivity index is 1.78. The summed E-state index contributed by atoms with van der Waals surface area (Å²) < 4.78 is 48.6. The van der Waals surface area contributed by atoms with Crippen molar-refractivity contribution in [2.75, 3.05) is 19.5 Å². The summed E-state index contributed by atoms with van der Waals surface area (Å²) in [7, 11) is 3.13. The Hall–Kier alpha value is -3.16. The van der Waals surface area contributed by atoms with Crippen LogP contribution < -0.4 is 14.8 Å². The third-order valence-corrected chi connectivity index (χ3v) is 4.05. The van der Waals surface area contributed by atoms with Crippen LogP contribution in [0.1, 0.15) is 11.1 Å². The predicted octanol–water partition coefficient (Wildman–Crippen LogP) is 4.72. The molecule has 0 atom stereocenters. The monoisotopic (exact) mass is 377 g/mol. The smallest absolute Gasteiger partial charge is 0.416 e. The molecule has 0 saturated carbocycles. The van der Waals surface area contributed by atoms with Gasteiger partial charge in [0.05, 0.1) is 31.7 Å². The highest BCUT2D eigenvalue weighted by Gasteiger charge is 2.30. The van der Waals surface area contributed by atoms with Crippen LogP contribution in [0.25, 0.3) is 11.3 Å². The topological polar surface area (TPSA) is 59.2 Å². The highest BCUT2D eigenvalue weighted by atomic mass is 19.4. The van der Waals surface area contributed by atoms with Crippen LogP contribution in [0.5, 0.6) is 11.5 Å². The standard InChI is InChI=1S/C19H18F3N3O2/c1-26-16-7-15(8-17(9-16)27-2)23-10-13-11-24-25-18(13)12-3-5-14(6-4-12)19(20,21)22/h3-9,11,23H,10H2,1-2H3,(H,24,25). The Bertz CT molecular complexity index is 883. The molecule has 5 nitrogen and oxygen atoms in total. The molecule has 0 aliphatic carbocycles. The van der Waals surface area contributed by atoms with E-state index in [0.29, 0.717) is 29.3 Å². The van der Waals surface area contributed by atoms with Crippen LogP contribution in [0.4, 0.5) is 18.9 Å². The number of H-pyrrole nitrogens is 1. The van der Waals surface area contributed by atoms with Crippen molar-refractivity contribution in [1.82, 2.24) is 10.2 Å². The molecule has 0 saturated heterocycles. The molecule has 1 heterocycles. The molecule has 3 rings (SSSR count). The number of benzene rings is 2. The first-order valence-electron chi connectivity index (χ1n) is 8.07. The molecular formula is C19H18F3N3O2. The van der Waals surface area contributed by atoms with Gasteiger partial charge in [-0.25, -0.2) is 0 Å². The van der Waals surface area contributed by atoms with Crippen LogP contribution in [-0.2, 0) is 12.7 Å². The number of anilines is 1. The van der Waals surface area contributed by atoms with E-state index in [4.69, 9.17) is 9.47 Å². The minimum Gasteiger partial charge on any atom is -0.497 e. The van der Waals surface area contributed by atoms with Gasteiger partial charge in [-0.1, -0.05) is 12.1 Å². The molecule has 0 radical (unpaired) electrons. The van der Waals surface area contributed by atoms with E-state index >= 15 is 0 Å². The summed E-state index contributed by atoms with van der Waals surface area (Å²) in [5.74, 6) is 1.29. The van der Waals surface area contributed by atoms with Crippen molar-refractivity contribution in [2.45, 2.75) is 12.7 Å². The maximum atomic E-state index is 12.7. The number of ether oxygens (including phenoxy) is 2. The molecule has 27 heavy (non-hydrogen) atoms. The van der Waals surface area contributed by atoms with Crippen LogP contribution in [0.3, 0.4) is 0 Å². The lowest BCUT2D eigenvalue weighted by Crippen LogP contribution is -2.04. The van der Waals surface area contributed by atoms with Crippen molar-refractivity contribution >= 4 is 5.69 Å². The summed E-state index contributed by atoms with van der Waals surface area (Å²) in [5.41, 5.74) is 2.20. The van der Waals surface area contributed by atoms with E-state index in [0.717, 1.165) is 23.4 Å². The van der Waals surface area contributed by atoms with Gasteiger partial charge < -0.3 is 14.8 Å². The molecule has 0 amide bonds. The zero-order valence-corrected chi connectivity index (χ0v) is 14.7. The van der Waals surface area contributed by atoms with E-state index < -0.39 is 11.7 Å². The van der Waals surface area contributed by atoms with Gasteiger partial charge in [-0.05, 0) is 17.7 Å². The molecule has 3 aromatic rings. The molecular weight excluding hydrogens is 359 g/mol. The number of nitrogens with zero attached hydrogens (tertiary/aromatic N) is 1. The summed E-state index contributed by atoms with van der Waals surface area (Å²) in [5, 5.41) is 10.1. The van der Waals surface area contributed by atoms with Crippen LogP contribution in [0.15, 0.2) is 48.7 Å². The van der Waals surface area contributed by atoms with Gasteiger partial charge in [0.25, 0.3) is 0 Å². The zero-order chi connectivity index (χ0) is 19.4. The van der Waals surface area contributed by atoms with Crippen molar-refractivity contribution in [3.8, 4) is 22.8 Å². The van der Waals surface area contributed by atoms with Gasteiger partial charge in [0.2, 0.25) is 0 Å². The van der Waals surface area contributed by atoms with Crippen molar-refractivity contribution < 1.29 is 22.6 Å². The fraction of sp³-hybridized carbons (Fsp3) is 0.211. The maximum absolute atomic E-state index is 12.7. The molecule has 0 spiro atoms. The fourth-order valence-electron chi connectivity index (χ4n) is 2.63. The molecule has 0 aliphatic rings. The van der Waals surface area contributed by atoms with Gasteiger partial charge >= 0.3 is 6.18 Å². The lowest BCUT2D eigenvalue weighted by atomic mass is 10.1. The van der Waals surface area contributed by atoms with Crippen molar-refractivity contribution in [3.63, 3.8) is 0 Å². The highest BCUT2D eigenvalue weighted by Crippen LogP contribution is 2.31. The first-order chi connectivity index (χ1) is 12.9. The van der Waals surface area contributed by atoms with E-state index in [-0.39, 0.29) is 0 Å². The lowest BCUT2D eigenvalue weighted by Gasteiger charge is -2.11. The normalized spacial score (nSPS) is 11.3. The Morgan fingerprint density at radius 3 is 2.19 bits per heavy atom. The molecule has 2 aromatic carbocycles. The lowest BCUT2D eigenvalue weighted by molar-refractivity contribution is -0.137. The second-order valence-electron chi connectivity index (χ2n) is 5.80. The van der Waals surface area contributed by atoms with E-state index in [9.17, 15) is 13.2 Å². The number of aromatic amines is 1. The minimum atomic E-state index is -4.36. The number of aromatic nitrogens is 2. The molecule has 0 bridgehead atoms. The first kappa shape index (κ1) is 18.6. The number of nitrogens with one attached hydrogen (secondary N) is 2. The van der Waals surface area contributed by atoms with Crippen LogP contribution >= 0.6 is 0 Å². The maximum Gasteiger partial charge on any atom is 0.416 e. The predicted molar refractivity (Wildman–Crippen MR) is 95.9 cm³/mol. The van der Waals surface area contributed by atoms with Gasteiger partial charge in [-0.2, -0.15) is 18.3 Å². The molecule has 0 unspecified atom stereocenters. The quantitative estimate of drug-likeness (QED) is 0.652. The van der Waals surface area contributed by atoms with E-state index in [1.165, 1.54) is 12.1 Å². The average molecular weight is 377 g/mol. The summed E-state index contributed by atoms with van der Waals surface area (Å²) in [6.45, 7) is 0.420. The Morgan fingerprint density at radius 2 is 1.63 bits per heavy atom. The Labute approximate surface area is 154 Å². The average Bonchev–Trinajstić information content (AvgIpc) is 3.14. The fourth-order valence-corrected chi connectivity index (χ4v) is 2.63. The summed E-state index contributed by atoms with van der Waals surface area (Å²) in [6, 6.07) is 10.4. The van der Waals surface area contributed by atoms with Crippen molar-refractivity contribution in [2.24, 2.45) is 0 Å². The van der Waals surface area contributed by atoms with Crippen LogP contribution in [0.2, 0.25) is 0 Å². The number of methoxy groups -OCH3 is 2. The largest absolute Gasteiger partial charge is 0.497 e. The van der Waals surface area contributed by atoms with E-state index in [1.807, 2.05) is 12.1 Å². The van der Waals surface area contributed by atoms with Crippen LogP contribution in [0, 0.1) is 0 Å². The molecule has 8 heteroatoms. The number of alkyl halides is 3. The number of rotatable bonds is 6. The number of hydrogen-bond acceptors (Lipinski definition) is 4. The third-order valence-electron chi connectivity index (χ3n) is 4.05. The van der Waals surface area contributed by atoms with Crippen molar-refractivity contribution in [3.05, 3.63) is 59.8 Å². The number of halogens is 3. The number of hydrogen-bond donors (Lipinski definition) is 2. The summed E-state index contributed by atoms with van der Waals surface area (Å²) >= 11 is 0. The van der Waals surface area contributed by atoms with E-state index in [2.05, 4.69) is 15.5 Å². The summed E-state index contributed by atoms with van der Waals surface area (Å²) in [4.78, 5) is 0. The Kier molecular flexibility index (Phi) is 5.25. The van der Waals surface area contributed by atoms with Gasteiger partial charge in [-0.3, -0.25) is 5.10 Å². The third kappa shape index (κ3) is 4.33. The second kappa shape index (κ2) is 7.61. The molecule has 142 valence electrons. The first-order valence-corrected chi connectivity index (χ1v) is 8.07. The molecule has 0 fully saturated rings. The van der Waals surface area contributed by atoms with Gasteiger partial charge in [0.1, 0.15) is 11.5 Å². The van der Waals surface area contributed by atoms with Crippen molar-refractivity contribution in [1.29, 1.82) is 0 Å². The van der Waals surface area contributed by atoms with E-state index in [1.54, 1.807) is 26.5 Å². The van der Waals surface area contributed by atoms with Gasteiger partial charge in [0, 0.05) is 36.0 Å². The van der Waals surface area contributed by atoms with Gasteiger partial charge in [-0.15, -0.1) is 0 Å². The minimum absolute atomic E-state index is 0.420. The molecule has 0 aliphatic heterocycles. The SMILES string of the molecule is COc1cc(NCc2cn[nH]c2-c2ccc(C(F)(F)F)cc2)cc(OC)c1. The second-order valence-corrected chi connectivity index (χ2v) is 5.80. The van der Waals surface area contributed by atoms with Gasteiger partial charge in [0.15, 0.2) is 0 Å². The molecule has 2 N–H and O–H groups in total. The van der Waals surface area contributed by atoms with Crippen LogP contribution in [-0.4, -0.2) is 24.4 Å². The molecule has 1 aromatic heterocycles.